The van der Waals surface area contributed by atoms with Gasteiger partial charge in [-0.3, -0.25) is 9.69 Å². The fourth-order valence-electron chi connectivity index (χ4n) is 5.81. The molecular weight excluding hydrogens is 474 g/mol. The number of rotatable bonds is 7. The van der Waals surface area contributed by atoms with Crippen molar-refractivity contribution in [2.24, 2.45) is 11.8 Å². The molecule has 1 aromatic carbocycles. The molecule has 0 radical (unpaired) electrons. The Kier molecular flexibility index (Phi) is 6.50. The van der Waals surface area contributed by atoms with Crippen LogP contribution in [-0.2, 0) is 16.4 Å². The molecule has 1 aliphatic heterocycles. The van der Waals surface area contributed by atoms with Gasteiger partial charge in [0, 0.05) is 29.5 Å². The Hall–Kier alpha value is -2.45. The maximum atomic E-state index is 13.5. The topological polar surface area (TPSA) is 92.5 Å². The molecule has 6 rings (SSSR count). The third-order valence-electron chi connectivity index (χ3n) is 8.27. The summed E-state index contributed by atoms with van der Waals surface area (Å²) in [5, 5.41) is 7.10. The maximum Gasteiger partial charge on any atom is 0.273 e. The average Bonchev–Trinajstić information content (AvgIpc) is 3.72. The Labute approximate surface area is 213 Å². The molecule has 2 heterocycles. The van der Waals surface area contributed by atoms with Crippen molar-refractivity contribution < 1.29 is 17.7 Å². The molecule has 3 aliphatic carbocycles. The van der Waals surface area contributed by atoms with E-state index in [0.29, 0.717) is 46.1 Å². The Morgan fingerprint density at radius 3 is 2.58 bits per heavy atom. The van der Waals surface area contributed by atoms with Crippen LogP contribution in [0.15, 0.2) is 50.7 Å². The van der Waals surface area contributed by atoms with E-state index in [1.807, 2.05) is 18.2 Å². The molecule has 3 atom stereocenters. The molecule has 36 heavy (non-hydrogen) atoms. The highest BCUT2D eigenvalue weighted by atomic mass is 32.2. The zero-order valence-electron chi connectivity index (χ0n) is 20.7. The highest BCUT2D eigenvalue weighted by molar-refractivity contribution is 7.95. The second kappa shape index (κ2) is 9.78. The van der Waals surface area contributed by atoms with Crippen LogP contribution >= 0.6 is 0 Å². The number of hydrogen-bond donors (Lipinski definition) is 1. The number of carbonyl (C=O) groups excluding carboxylic acids is 1. The number of aromatic nitrogens is 1. The summed E-state index contributed by atoms with van der Waals surface area (Å²) in [6.07, 6.45) is 10.4. The first-order chi connectivity index (χ1) is 17.5. The molecule has 192 valence electrons. The van der Waals surface area contributed by atoms with Gasteiger partial charge in [-0.2, -0.15) is 0 Å². The third-order valence-corrected chi connectivity index (χ3v) is 10.2. The number of benzene rings is 1. The van der Waals surface area contributed by atoms with Crippen molar-refractivity contribution >= 4 is 15.7 Å². The van der Waals surface area contributed by atoms with Gasteiger partial charge in [-0.25, -0.2) is 8.42 Å². The first-order valence-corrected chi connectivity index (χ1v) is 15.0. The van der Waals surface area contributed by atoms with Crippen molar-refractivity contribution in [3.05, 3.63) is 58.3 Å². The molecule has 2 aromatic rings. The highest BCUT2D eigenvalue weighted by Crippen LogP contribution is 2.48. The number of amides is 1. The molecular formula is C28H35N3O4S. The summed E-state index contributed by atoms with van der Waals surface area (Å²) in [6.45, 7) is 3.13. The summed E-state index contributed by atoms with van der Waals surface area (Å²) < 4.78 is 32.4. The van der Waals surface area contributed by atoms with Crippen LogP contribution in [0.4, 0.5) is 0 Å². The van der Waals surface area contributed by atoms with Gasteiger partial charge in [0.25, 0.3) is 5.91 Å². The predicted octanol–water partition coefficient (Wildman–Crippen LogP) is 4.81. The van der Waals surface area contributed by atoms with Gasteiger partial charge in [0.2, 0.25) is 9.84 Å². The lowest BCUT2D eigenvalue weighted by Crippen LogP contribution is -2.35. The number of likely N-dealkylation sites (tertiary alicyclic amines) is 1. The number of sulfone groups is 1. The quantitative estimate of drug-likeness (QED) is 0.576. The minimum atomic E-state index is -3.51. The molecule has 0 unspecified atom stereocenters. The van der Waals surface area contributed by atoms with Gasteiger partial charge in [-0.1, -0.05) is 23.4 Å². The monoisotopic (exact) mass is 509 g/mol. The fraction of sp³-hybridized carbons (Fsp3) is 0.571. The molecule has 0 spiro atoms. The minimum absolute atomic E-state index is 0.0109. The van der Waals surface area contributed by atoms with Crippen LogP contribution in [0.25, 0.3) is 0 Å². The molecule has 1 N–H and O–H groups in total. The molecule has 3 fully saturated rings. The average molecular weight is 510 g/mol. The molecule has 1 amide bonds. The lowest BCUT2D eigenvalue weighted by molar-refractivity contribution is 0.0922. The first kappa shape index (κ1) is 23.9. The van der Waals surface area contributed by atoms with Crippen LogP contribution < -0.4 is 5.32 Å². The van der Waals surface area contributed by atoms with Crippen molar-refractivity contribution in [3.8, 4) is 0 Å². The van der Waals surface area contributed by atoms with Crippen LogP contribution in [-0.4, -0.2) is 43.5 Å². The SMILES string of the molecule is O=C(N[C@@H]1CC/C=C(\S(=O)(=O)c2ccc(CN3CCCC3)cc2)C[C@@H]2C[C@@H]2C1)c1cc(C2CC2)on1. The van der Waals surface area contributed by atoms with Crippen molar-refractivity contribution in [1.29, 1.82) is 0 Å². The Balaban J connectivity index is 1.11. The van der Waals surface area contributed by atoms with Crippen molar-refractivity contribution in [2.75, 3.05) is 13.1 Å². The number of nitrogens with one attached hydrogen (secondary N) is 1. The van der Waals surface area contributed by atoms with Crippen LogP contribution in [0.5, 0.6) is 0 Å². The van der Waals surface area contributed by atoms with E-state index in [0.717, 1.165) is 63.1 Å². The second-order valence-corrected chi connectivity index (χ2v) is 13.1. The molecule has 7 nitrogen and oxygen atoms in total. The second-order valence-electron chi connectivity index (χ2n) is 11.1. The van der Waals surface area contributed by atoms with E-state index >= 15 is 0 Å². The van der Waals surface area contributed by atoms with E-state index < -0.39 is 9.84 Å². The largest absolute Gasteiger partial charge is 0.360 e. The van der Waals surface area contributed by atoms with Gasteiger partial charge in [-0.05, 0) is 100 Å². The number of allylic oxidation sites excluding steroid dienone is 2. The number of nitrogens with zero attached hydrogens (tertiary/aromatic N) is 2. The number of fused-ring (bicyclic) bond motifs is 1. The summed E-state index contributed by atoms with van der Waals surface area (Å²) in [5.74, 6) is 1.85. The smallest absolute Gasteiger partial charge is 0.273 e. The van der Waals surface area contributed by atoms with E-state index in [2.05, 4.69) is 15.4 Å². The number of carbonyl (C=O) groups is 1. The van der Waals surface area contributed by atoms with E-state index in [1.54, 1.807) is 18.2 Å². The molecule has 1 aromatic heterocycles. The Morgan fingerprint density at radius 2 is 1.83 bits per heavy atom. The summed E-state index contributed by atoms with van der Waals surface area (Å²) in [6, 6.07) is 9.25. The van der Waals surface area contributed by atoms with Gasteiger partial charge in [0.15, 0.2) is 5.69 Å². The normalized spacial score (nSPS) is 28.3. The van der Waals surface area contributed by atoms with Gasteiger partial charge >= 0.3 is 0 Å². The van der Waals surface area contributed by atoms with Crippen LogP contribution in [0.1, 0.15) is 85.5 Å². The summed E-state index contributed by atoms with van der Waals surface area (Å²) in [7, 11) is -3.51. The van der Waals surface area contributed by atoms with Gasteiger partial charge < -0.3 is 9.84 Å². The summed E-state index contributed by atoms with van der Waals surface area (Å²) in [4.78, 5) is 16.1. The zero-order valence-corrected chi connectivity index (χ0v) is 21.5. The summed E-state index contributed by atoms with van der Waals surface area (Å²) >= 11 is 0. The third kappa shape index (κ3) is 5.30. The first-order valence-electron chi connectivity index (χ1n) is 13.5. The van der Waals surface area contributed by atoms with Crippen LogP contribution in [0, 0.1) is 11.8 Å². The van der Waals surface area contributed by atoms with Crippen molar-refractivity contribution in [2.45, 2.75) is 81.2 Å². The molecule has 0 bridgehead atoms. The highest BCUT2D eigenvalue weighted by Gasteiger charge is 2.41. The van der Waals surface area contributed by atoms with E-state index in [4.69, 9.17) is 4.52 Å². The standard InChI is InChI=1S/C28H35N3O4S/c32-28(26-17-27(35-30-26)20-8-9-20)29-23-4-3-5-25(16-22-14-21(22)15-23)36(33,34)24-10-6-19(7-11-24)18-31-12-1-2-13-31/h5-7,10-11,17,20-23H,1-4,8-9,12-16,18H2,(H,29,32)/b25-5-/t21-,22+,23-/m1/s1. The lowest BCUT2D eigenvalue weighted by Gasteiger charge is -2.17. The van der Waals surface area contributed by atoms with Gasteiger partial charge in [-0.15, -0.1) is 0 Å². The zero-order chi connectivity index (χ0) is 24.7. The minimum Gasteiger partial charge on any atom is -0.360 e. The molecule has 2 saturated carbocycles. The fourth-order valence-corrected chi connectivity index (χ4v) is 7.38. The van der Waals surface area contributed by atoms with Gasteiger partial charge in [0.1, 0.15) is 5.76 Å². The Bertz CT molecular complexity index is 1240. The Morgan fingerprint density at radius 1 is 1.06 bits per heavy atom. The van der Waals surface area contributed by atoms with Crippen LogP contribution in [0.2, 0.25) is 0 Å². The maximum absolute atomic E-state index is 13.5. The summed E-state index contributed by atoms with van der Waals surface area (Å²) in [5.41, 5.74) is 1.51. The molecule has 4 aliphatic rings. The van der Waals surface area contributed by atoms with Crippen LogP contribution in [0.3, 0.4) is 0 Å². The molecule has 1 saturated heterocycles. The van der Waals surface area contributed by atoms with Crippen molar-refractivity contribution in [1.82, 2.24) is 15.4 Å². The predicted molar refractivity (Wildman–Crippen MR) is 136 cm³/mol. The van der Waals surface area contributed by atoms with Crippen molar-refractivity contribution in [3.63, 3.8) is 0 Å². The van der Waals surface area contributed by atoms with Gasteiger partial charge in [0.05, 0.1) is 4.90 Å². The van der Waals surface area contributed by atoms with E-state index in [1.165, 1.54) is 12.8 Å². The van der Waals surface area contributed by atoms with E-state index in [9.17, 15) is 13.2 Å². The molecule has 8 heteroatoms. The van der Waals surface area contributed by atoms with E-state index in [-0.39, 0.29) is 11.9 Å². The number of hydrogen-bond acceptors (Lipinski definition) is 6. The lowest BCUT2D eigenvalue weighted by atomic mass is 10.0.